The Labute approximate surface area is 162 Å². The van der Waals surface area contributed by atoms with Gasteiger partial charge in [-0.2, -0.15) is 0 Å². The molecule has 3 aromatic heterocycles. The van der Waals surface area contributed by atoms with E-state index in [0.717, 1.165) is 39.2 Å². The molecule has 0 bridgehead atoms. The number of carbonyl (C=O) groups excluding carboxylic acids is 1. The maximum absolute atomic E-state index is 11.7. The molecule has 142 valence electrons. The van der Waals surface area contributed by atoms with Crippen molar-refractivity contribution in [2.75, 3.05) is 0 Å². The number of carbonyl (C=O) groups is 1. The van der Waals surface area contributed by atoms with Gasteiger partial charge in [0.2, 0.25) is 0 Å². The van der Waals surface area contributed by atoms with Crippen molar-refractivity contribution in [3.63, 3.8) is 0 Å². The molecule has 0 aliphatic heterocycles. The number of benzene rings is 1. The highest BCUT2D eigenvalue weighted by molar-refractivity contribution is 5.92. The van der Waals surface area contributed by atoms with Gasteiger partial charge in [-0.25, -0.2) is 9.97 Å². The molecule has 4 aromatic rings. The molecule has 6 nitrogen and oxygen atoms in total. The number of oxazole rings is 1. The molecule has 4 rings (SSSR count). The van der Waals surface area contributed by atoms with E-state index in [4.69, 9.17) is 4.42 Å². The van der Waals surface area contributed by atoms with Crippen molar-refractivity contribution in [3.8, 4) is 11.3 Å². The van der Waals surface area contributed by atoms with Crippen LogP contribution in [-0.2, 0) is 13.0 Å². The lowest BCUT2D eigenvalue weighted by molar-refractivity contribution is 0.101. The standard InChI is InChI=1S/C22H21N3O3/c1-13-6-17(22-24-20(15(3)27)10-25(22)9-13)7-16-4-5-19(18(8-16)11-26)21-14(2)23-12-28-21/h4-6,8-10,12,26H,7,11H2,1-3H3. The van der Waals surface area contributed by atoms with E-state index in [-0.39, 0.29) is 12.4 Å². The first-order chi connectivity index (χ1) is 13.5. The number of hydrogen-bond acceptors (Lipinski definition) is 5. The van der Waals surface area contributed by atoms with Crippen LogP contribution >= 0.6 is 0 Å². The quantitative estimate of drug-likeness (QED) is 0.535. The second kappa shape index (κ2) is 7.05. The first-order valence-corrected chi connectivity index (χ1v) is 9.08. The lowest BCUT2D eigenvalue weighted by Crippen LogP contribution is -1.98. The summed E-state index contributed by atoms with van der Waals surface area (Å²) in [6, 6.07) is 8.03. The normalized spacial score (nSPS) is 11.3. The van der Waals surface area contributed by atoms with E-state index in [2.05, 4.69) is 16.0 Å². The molecular formula is C22H21N3O3. The zero-order valence-electron chi connectivity index (χ0n) is 16.1. The summed E-state index contributed by atoms with van der Waals surface area (Å²) in [4.78, 5) is 20.3. The Bertz CT molecular complexity index is 1190. The number of aryl methyl sites for hydroxylation is 2. The number of hydrogen-bond donors (Lipinski definition) is 1. The SMILES string of the molecule is CC(=O)c1cn2cc(C)cc(Cc3ccc(-c4ocnc4C)c(CO)c3)c2n1. The Balaban J connectivity index is 1.75. The molecule has 0 spiro atoms. The van der Waals surface area contributed by atoms with Gasteiger partial charge in [-0.1, -0.05) is 24.3 Å². The molecule has 6 heteroatoms. The number of aromatic nitrogens is 3. The second-order valence-electron chi connectivity index (χ2n) is 7.05. The summed E-state index contributed by atoms with van der Waals surface area (Å²) in [5.41, 5.74) is 6.81. The van der Waals surface area contributed by atoms with Crippen molar-refractivity contribution < 1.29 is 14.3 Å². The lowest BCUT2D eigenvalue weighted by atomic mass is 9.97. The van der Waals surface area contributed by atoms with Crippen LogP contribution in [0.15, 0.2) is 47.5 Å². The van der Waals surface area contributed by atoms with E-state index in [1.165, 1.54) is 13.3 Å². The lowest BCUT2D eigenvalue weighted by Gasteiger charge is -2.10. The smallest absolute Gasteiger partial charge is 0.181 e. The zero-order valence-corrected chi connectivity index (χ0v) is 16.1. The van der Waals surface area contributed by atoms with Gasteiger partial charge in [0.15, 0.2) is 17.9 Å². The predicted octanol–water partition coefficient (Wildman–Crippen LogP) is 3.89. The second-order valence-corrected chi connectivity index (χ2v) is 7.05. The highest BCUT2D eigenvalue weighted by Crippen LogP contribution is 2.28. The largest absolute Gasteiger partial charge is 0.443 e. The Kier molecular flexibility index (Phi) is 4.57. The maximum Gasteiger partial charge on any atom is 0.181 e. The van der Waals surface area contributed by atoms with E-state index in [1.54, 1.807) is 6.20 Å². The van der Waals surface area contributed by atoms with Crippen molar-refractivity contribution in [1.29, 1.82) is 0 Å². The topological polar surface area (TPSA) is 80.6 Å². The Morgan fingerprint density at radius 1 is 1.18 bits per heavy atom. The number of rotatable bonds is 5. The van der Waals surface area contributed by atoms with Crippen LogP contribution in [0, 0.1) is 13.8 Å². The number of aliphatic hydroxyl groups is 1. The number of pyridine rings is 1. The molecule has 0 saturated carbocycles. The number of fused-ring (bicyclic) bond motifs is 1. The number of nitrogens with zero attached hydrogens (tertiary/aromatic N) is 3. The summed E-state index contributed by atoms with van der Waals surface area (Å²) in [6.07, 6.45) is 5.78. The number of aliphatic hydroxyl groups excluding tert-OH is 1. The van der Waals surface area contributed by atoms with E-state index in [0.29, 0.717) is 17.9 Å². The van der Waals surface area contributed by atoms with Crippen molar-refractivity contribution in [2.45, 2.75) is 33.8 Å². The third-order valence-electron chi connectivity index (χ3n) is 4.85. The van der Waals surface area contributed by atoms with Gasteiger partial charge < -0.3 is 13.9 Å². The molecule has 0 aliphatic rings. The molecule has 1 N–H and O–H groups in total. The maximum atomic E-state index is 11.7. The van der Waals surface area contributed by atoms with Gasteiger partial charge in [-0.05, 0) is 30.5 Å². The van der Waals surface area contributed by atoms with Gasteiger partial charge in [0.25, 0.3) is 0 Å². The van der Waals surface area contributed by atoms with Crippen LogP contribution in [0.5, 0.6) is 0 Å². The monoisotopic (exact) mass is 375 g/mol. The first-order valence-electron chi connectivity index (χ1n) is 9.08. The van der Waals surface area contributed by atoms with Gasteiger partial charge in [0.05, 0.1) is 12.3 Å². The molecule has 0 radical (unpaired) electrons. The summed E-state index contributed by atoms with van der Waals surface area (Å²) in [6.45, 7) is 5.32. The summed E-state index contributed by atoms with van der Waals surface area (Å²) >= 11 is 0. The van der Waals surface area contributed by atoms with Gasteiger partial charge in [-0.15, -0.1) is 0 Å². The molecule has 0 aliphatic carbocycles. The summed E-state index contributed by atoms with van der Waals surface area (Å²) in [7, 11) is 0. The highest BCUT2D eigenvalue weighted by Gasteiger charge is 2.14. The number of ketones is 1. The van der Waals surface area contributed by atoms with Crippen LogP contribution in [0.3, 0.4) is 0 Å². The Morgan fingerprint density at radius 2 is 2.00 bits per heavy atom. The third kappa shape index (κ3) is 3.23. The third-order valence-corrected chi connectivity index (χ3v) is 4.85. The van der Waals surface area contributed by atoms with Gasteiger partial charge in [0.1, 0.15) is 11.3 Å². The van der Waals surface area contributed by atoms with Crippen LogP contribution in [0.1, 0.15) is 45.4 Å². The minimum atomic E-state index is -0.0929. The summed E-state index contributed by atoms with van der Waals surface area (Å²) in [5.74, 6) is 0.620. The van der Waals surface area contributed by atoms with E-state index in [9.17, 15) is 9.90 Å². The van der Waals surface area contributed by atoms with Crippen LogP contribution in [-0.4, -0.2) is 25.3 Å². The fourth-order valence-electron chi connectivity index (χ4n) is 3.52. The first kappa shape index (κ1) is 18.1. The molecule has 0 amide bonds. The zero-order chi connectivity index (χ0) is 19.8. The van der Waals surface area contributed by atoms with E-state index >= 15 is 0 Å². The minimum absolute atomic E-state index is 0.0540. The molecule has 0 saturated heterocycles. The average molecular weight is 375 g/mol. The van der Waals surface area contributed by atoms with Crippen molar-refractivity contribution in [3.05, 3.63) is 76.7 Å². The summed E-state index contributed by atoms with van der Waals surface area (Å²) in [5, 5.41) is 9.86. The number of imidazole rings is 1. The Hall–Kier alpha value is -3.25. The molecule has 0 unspecified atom stereocenters. The average Bonchev–Trinajstić information content (AvgIpc) is 3.28. The molecule has 0 fully saturated rings. The van der Waals surface area contributed by atoms with Gasteiger partial charge in [0, 0.05) is 36.9 Å². The fraction of sp³-hybridized carbons (Fsp3) is 0.227. The van der Waals surface area contributed by atoms with Crippen LogP contribution in [0.25, 0.3) is 17.0 Å². The summed E-state index contributed by atoms with van der Waals surface area (Å²) < 4.78 is 7.39. The number of Topliss-reactive ketones (excluding diaryl/α,β-unsaturated/α-hetero) is 1. The highest BCUT2D eigenvalue weighted by atomic mass is 16.3. The molecule has 1 aromatic carbocycles. The molecule has 28 heavy (non-hydrogen) atoms. The van der Waals surface area contributed by atoms with Crippen molar-refractivity contribution in [1.82, 2.24) is 14.4 Å². The van der Waals surface area contributed by atoms with Crippen LogP contribution in [0.2, 0.25) is 0 Å². The van der Waals surface area contributed by atoms with Gasteiger partial charge in [-0.3, -0.25) is 4.79 Å². The predicted molar refractivity (Wildman–Crippen MR) is 105 cm³/mol. The molecular weight excluding hydrogens is 354 g/mol. The minimum Gasteiger partial charge on any atom is -0.443 e. The van der Waals surface area contributed by atoms with Crippen LogP contribution in [0.4, 0.5) is 0 Å². The van der Waals surface area contributed by atoms with E-state index in [1.807, 2.05) is 42.6 Å². The van der Waals surface area contributed by atoms with Crippen molar-refractivity contribution in [2.24, 2.45) is 0 Å². The van der Waals surface area contributed by atoms with Crippen molar-refractivity contribution >= 4 is 11.4 Å². The Morgan fingerprint density at radius 3 is 2.68 bits per heavy atom. The van der Waals surface area contributed by atoms with Gasteiger partial charge >= 0.3 is 0 Å². The molecule has 3 heterocycles. The fourth-order valence-corrected chi connectivity index (χ4v) is 3.52. The van der Waals surface area contributed by atoms with E-state index < -0.39 is 0 Å². The van der Waals surface area contributed by atoms with Crippen LogP contribution < -0.4 is 0 Å². The molecule has 0 atom stereocenters.